The van der Waals surface area contributed by atoms with Crippen molar-refractivity contribution in [3.05, 3.63) is 34.6 Å². The van der Waals surface area contributed by atoms with E-state index in [1.807, 2.05) is 6.92 Å². The Morgan fingerprint density at radius 1 is 1.39 bits per heavy atom. The summed E-state index contributed by atoms with van der Waals surface area (Å²) in [5.41, 5.74) is 6.99. The van der Waals surface area contributed by atoms with Crippen molar-refractivity contribution in [1.82, 2.24) is 0 Å². The first-order valence-corrected chi connectivity index (χ1v) is 6.64. The van der Waals surface area contributed by atoms with Crippen molar-refractivity contribution in [1.29, 1.82) is 0 Å². The third-order valence-corrected chi connectivity index (χ3v) is 3.20. The summed E-state index contributed by atoms with van der Waals surface area (Å²) in [5, 5.41) is 0.137. The Hall–Kier alpha value is -0.640. The Morgan fingerprint density at radius 3 is 2.56 bits per heavy atom. The van der Waals surface area contributed by atoms with Crippen LogP contribution < -0.4 is 5.73 Å². The van der Waals surface area contributed by atoms with Gasteiger partial charge in [-0.2, -0.15) is 0 Å². The highest BCUT2D eigenvalue weighted by molar-refractivity contribution is 6.30. The molecule has 0 radical (unpaired) electrons. The van der Waals surface area contributed by atoms with Crippen molar-refractivity contribution < 1.29 is 9.13 Å². The third-order valence-electron chi connectivity index (χ3n) is 2.89. The smallest absolute Gasteiger partial charge is 0.142 e. The molecule has 0 bridgehead atoms. The van der Waals surface area contributed by atoms with E-state index in [0.29, 0.717) is 18.9 Å². The molecule has 2 nitrogen and oxygen atoms in total. The molecule has 4 heteroatoms. The van der Waals surface area contributed by atoms with Crippen molar-refractivity contribution in [2.75, 3.05) is 6.61 Å². The molecule has 2 atom stereocenters. The van der Waals surface area contributed by atoms with Gasteiger partial charge in [0.1, 0.15) is 5.82 Å². The molecule has 0 heterocycles. The van der Waals surface area contributed by atoms with E-state index >= 15 is 0 Å². The largest absolute Gasteiger partial charge is 0.377 e. The van der Waals surface area contributed by atoms with Gasteiger partial charge in [-0.05, 0) is 37.0 Å². The molecule has 0 aliphatic carbocycles. The molecule has 0 aliphatic heterocycles. The van der Waals surface area contributed by atoms with E-state index in [1.165, 1.54) is 6.07 Å². The van der Waals surface area contributed by atoms with Crippen LogP contribution in [0.3, 0.4) is 0 Å². The van der Waals surface area contributed by atoms with Crippen LogP contribution in [0.4, 0.5) is 4.39 Å². The lowest BCUT2D eigenvalue weighted by molar-refractivity contribution is 0.0127. The molecule has 1 aromatic rings. The van der Waals surface area contributed by atoms with Gasteiger partial charge in [-0.15, -0.1) is 0 Å². The zero-order valence-electron chi connectivity index (χ0n) is 11.1. The van der Waals surface area contributed by atoms with Gasteiger partial charge in [0.2, 0.25) is 0 Å². The Kier molecular flexibility index (Phi) is 6.06. The molecular weight excluding hydrogens is 253 g/mol. The maximum Gasteiger partial charge on any atom is 0.142 e. The summed E-state index contributed by atoms with van der Waals surface area (Å²) in [4.78, 5) is 0. The minimum atomic E-state index is -0.404. The van der Waals surface area contributed by atoms with Gasteiger partial charge < -0.3 is 10.5 Å². The Bertz CT molecular complexity index is 384. The van der Waals surface area contributed by atoms with Gasteiger partial charge >= 0.3 is 0 Å². The summed E-state index contributed by atoms with van der Waals surface area (Å²) in [6.07, 6.45) is 0.561. The van der Waals surface area contributed by atoms with Crippen LogP contribution in [-0.4, -0.2) is 18.8 Å². The van der Waals surface area contributed by atoms with E-state index in [2.05, 4.69) is 13.8 Å². The van der Waals surface area contributed by atoms with Crippen molar-refractivity contribution >= 4 is 11.6 Å². The van der Waals surface area contributed by atoms with Crippen LogP contribution in [0.25, 0.3) is 0 Å². The Balaban J connectivity index is 2.72. The third kappa shape index (κ3) is 4.23. The minimum absolute atomic E-state index is 0.0197. The fourth-order valence-corrected chi connectivity index (χ4v) is 2.18. The van der Waals surface area contributed by atoms with E-state index in [9.17, 15) is 4.39 Å². The quantitative estimate of drug-likeness (QED) is 0.862. The van der Waals surface area contributed by atoms with Gasteiger partial charge in [0.05, 0.1) is 11.1 Å². The predicted octanol–water partition coefficient (Wildman–Crippen LogP) is 3.41. The molecular formula is C14H21ClFNO. The van der Waals surface area contributed by atoms with Crippen molar-refractivity contribution in [2.24, 2.45) is 11.7 Å². The molecule has 0 saturated carbocycles. The number of hydrogen-bond acceptors (Lipinski definition) is 2. The molecule has 1 rings (SSSR count). The lowest BCUT2D eigenvalue weighted by atomic mass is 9.94. The van der Waals surface area contributed by atoms with Gasteiger partial charge in [-0.25, -0.2) is 4.39 Å². The zero-order valence-corrected chi connectivity index (χ0v) is 11.9. The summed E-state index contributed by atoms with van der Waals surface area (Å²) in [6, 6.07) is 4.65. The molecule has 2 N–H and O–H groups in total. The van der Waals surface area contributed by atoms with E-state index < -0.39 is 5.82 Å². The highest BCUT2D eigenvalue weighted by Gasteiger charge is 2.22. The molecule has 0 saturated heterocycles. The first-order chi connectivity index (χ1) is 8.45. The number of hydrogen-bond donors (Lipinski definition) is 1. The molecule has 0 amide bonds. The lowest BCUT2D eigenvalue weighted by Gasteiger charge is -2.27. The molecule has 0 aromatic heterocycles. The molecule has 0 spiro atoms. The molecule has 1 aromatic carbocycles. The normalized spacial score (nSPS) is 14.8. The first kappa shape index (κ1) is 15.4. The van der Waals surface area contributed by atoms with Crippen LogP contribution in [0.5, 0.6) is 0 Å². The minimum Gasteiger partial charge on any atom is -0.377 e. The number of halogens is 2. The fraction of sp³-hybridized carbons (Fsp3) is 0.571. The standard InChI is InChI=1S/C14H21ClFNO/c1-4-18-14(9(2)3)13(17)8-10-5-6-11(15)12(16)7-10/h5-7,9,13-14H,4,8,17H2,1-3H3. The summed E-state index contributed by atoms with van der Waals surface area (Å²) in [5.74, 6) is -0.0732. The molecule has 102 valence electrons. The second kappa shape index (κ2) is 7.07. The monoisotopic (exact) mass is 273 g/mol. The van der Waals surface area contributed by atoms with Crippen molar-refractivity contribution in [2.45, 2.75) is 39.3 Å². The summed E-state index contributed by atoms with van der Waals surface area (Å²) >= 11 is 5.65. The topological polar surface area (TPSA) is 35.2 Å². The zero-order chi connectivity index (χ0) is 13.7. The molecule has 0 fully saturated rings. The Labute approximate surface area is 113 Å². The summed E-state index contributed by atoms with van der Waals surface area (Å²) < 4.78 is 19.0. The van der Waals surface area contributed by atoms with Gasteiger partial charge in [-0.3, -0.25) is 0 Å². The summed E-state index contributed by atoms with van der Waals surface area (Å²) in [6.45, 7) is 6.72. The van der Waals surface area contributed by atoms with E-state index in [0.717, 1.165) is 5.56 Å². The van der Waals surface area contributed by atoms with Gasteiger partial charge in [0.15, 0.2) is 0 Å². The van der Waals surface area contributed by atoms with E-state index in [4.69, 9.17) is 22.1 Å². The number of nitrogens with two attached hydrogens (primary N) is 1. The molecule has 2 unspecified atom stereocenters. The van der Waals surface area contributed by atoms with E-state index in [1.54, 1.807) is 12.1 Å². The lowest BCUT2D eigenvalue weighted by Crippen LogP contribution is -2.42. The van der Waals surface area contributed by atoms with Gasteiger partial charge in [0.25, 0.3) is 0 Å². The van der Waals surface area contributed by atoms with Crippen LogP contribution in [0.15, 0.2) is 18.2 Å². The Morgan fingerprint density at radius 2 is 2.06 bits per heavy atom. The van der Waals surface area contributed by atoms with Crippen LogP contribution in [0.2, 0.25) is 5.02 Å². The summed E-state index contributed by atoms with van der Waals surface area (Å²) in [7, 11) is 0. The predicted molar refractivity (Wildman–Crippen MR) is 73.3 cm³/mol. The highest BCUT2D eigenvalue weighted by Crippen LogP contribution is 2.19. The second-order valence-corrected chi connectivity index (χ2v) is 5.19. The molecule has 0 aliphatic rings. The van der Waals surface area contributed by atoms with Crippen molar-refractivity contribution in [3.8, 4) is 0 Å². The maximum absolute atomic E-state index is 13.3. The van der Waals surface area contributed by atoms with Gasteiger partial charge in [-0.1, -0.05) is 31.5 Å². The maximum atomic E-state index is 13.3. The van der Waals surface area contributed by atoms with Crippen molar-refractivity contribution in [3.63, 3.8) is 0 Å². The van der Waals surface area contributed by atoms with E-state index in [-0.39, 0.29) is 17.2 Å². The first-order valence-electron chi connectivity index (χ1n) is 6.26. The van der Waals surface area contributed by atoms with Crippen LogP contribution >= 0.6 is 11.6 Å². The number of benzene rings is 1. The number of rotatable bonds is 6. The highest BCUT2D eigenvalue weighted by atomic mass is 35.5. The van der Waals surface area contributed by atoms with Crippen LogP contribution in [-0.2, 0) is 11.2 Å². The molecule has 18 heavy (non-hydrogen) atoms. The van der Waals surface area contributed by atoms with Gasteiger partial charge in [0, 0.05) is 12.6 Å². The fourth-order valence-electron chi connectivity index (χ4n) is 2.06. The van der Waals surface area contributed by atoms with Crippen LogP contribution in [0.1, 0.15) is 26.3 Å². The van der Waals surface area contributed by atoms with Crippen LogP contribution in [0, 0.1) is 11.7 Å². The SMILES string of the molecule is CCOC(C(C)C)C(N)Cc1ccc(Cl)c(F)c1. The number of ether oxygens (including phenoxy) is 1. The average molecular weight is 274 g/mol. The second-order valence-electron chi connectivity index (χ2n) is 4.78. The average Bonchev–Trinajstić information content (AvgIpc) is 2.30.